The number of ether oxygens (including phenoxy) is 1. The lowest BCUT2D eigenvalue weighted by molar-refractivity contribution is -0.103. The molecule has 2 saturated carbocycles. The summed E-state index contributed by atoms with van der Waals surface area (Å²) in [6, 6.07) is 0. The van der Waals surface area contributed by atoms with Gasteiger partial charge in [-0.1, -0.05) is 19.3 Å². The van der Waals surface area contributed by atoms with Crippen molar-refractivity contribution in [2.45, 2.75) is 63.1 Å². The van der Waals surface area contributed by atoms with Crippen molar-refractivity contribution in [3.05, 3.63) is 0 Å². The van der Waals surface area contributed by atoms with E-state index in [9.17, 15) is 5.11 Å². The van der Waals surface area contributed by atoms with Crippen LogP contribution in [0, 0.1) is 5.92 Å². The smallest absolute Gasteiger partial charge is 0.0703 e. The molecule has 0 bridgehead atoms. The van der Waals surface area contributed by atoms with Crippen LogP contribution < -0.4 is 0 Å². The largest absolute Gasteiger partial charge is 0.393 e. The summed E-state index contributed by atoms with van der Waals surface area (Å²) in [5, 5.41) is 9.94. The minimum absolute atomic E-state index is 0.0448. The maximum atomic E-state index is 9.94. The molecule has 0 aromatic rings. The monoisotopic (exact) mass is 198 g/mol. The first kappa shape index (κ1) is 10.4. The molecule has 2 rings (SSSR count). The molecule has 0 aromatic carbocycles. The van der Waals surface area contributed by atoms with Gasteiger partial charge in [-0.25, -0.2) is 0 Å². The fourth-order valence-electron chi connectivity index (χ4n) is 2.69. The Kier molecular flexibility index (Phi) is 3.13. The lowest BCUT2D eigenvalue weighted by atomic mass is 9.73. The molecule has 1 N–H and O–H groups in total. The fourth-order valence-corrected chi connectivity index (χ4v) is 2.69. The van der Waals surface area contributed by atoms with Crippen molar-refractivity contribution in [2.24, 2.45) is 5.92 Å². The maximum Gasteiger partial charge on any atom is 0.0703 e. The number of aliphatic hydroxyl groups is 1. The molecule has 1 atom stereocenters. The van der Waals surface area contributed by atoms with Crippen molar-refractivity contribution in [1.29, 1.82) is 0 Å². The molecule has 0 saturated heterocycles. The molecule has 82 valence electrons. The van der Waals surface area contributed by atoms with Crippen molar-refractivity contribution >= 4 is 0 Å². The standard InChI is InChI=1S/C12H22O2/c1-14-12(6-3-7-12)9-11(13)8-10-4-2-5-10/h10-11,13H,2-9H2,1H3. The fraction of sp³-hybridized carbons (Fsp3) is 1.00. The summed E-state index contributed by atoms with van der Waals surface area (Å²) >= 11 is 0. The molecule has 2 nitrogen and oxygen atoms in total. The summed E-state index contributed by atoms with van der Waals surface area (Å²) in [6.45, 7) is 0. The summed E-state index contributed by atoms with van der Waals surface area (Å²) in [7, 11) is 1.79. The zero-order chi connectivity index (χ0) is 10.0. The molecular weight excluding hydrogens is 176 g/mol. The van der Waals surface area contributed by atoms with Gasteiger partial charge in [-0.05, 0) is 31.6 Å². The van der Waals surface area contributed by atoms with Crippen LogP contribution in [0.3, 0.4) is 0 Å². The van der Waals surface area contributed by atoms with E-state index >= 15 is 0 Å². The molecule has 14 heavy (non-hydrogen) atoms. The van der Waals surface area contributed by atoms with Crippen molar-refractivity contribution in [3.8, 4) is 0 Å². The summed E-state index contributed by atoms with van der Waals surface area (Å²) < 4.78 is 5.52. The Morgan fingerprint density at radius 1 is 1.36 bits per heavy atom. The third-order valence-electron chi connectivity index (χ3n) is 4.14. The van der Waals surface area contributed by atoms with E-state index in [2.05, 4.69) is 0 Å². The van der Waals surface area contributed by atoms with Crippen molar-refractivity contribution in [1.82, 2.24) is 0 Å². The SMILES string of the molecule is COC1(CC(O)CC2CCC2)CCC1. The van der Waals surface area contributed by atoms with Crippen LogP contribution in [0.5, 0.6) is 0 Å². The Labute approximate surface area is 86.6 Å². The van der Waals surface area contributed by atoms with Gasteiger partial charge < -0.3 is 9.84 Å². The Morgan fingerprint density at radius 2 is 2.07 bits per heavy atom. The molecular formula is C12H22O2. The first-order valence-corrected chi connectivity index (χ1v) is 5.97. The van der Waals surface area contributed by atoms with Gasteiger partial charge in [0, 0.05) is 13.5 Å². The van der Waals surface area contributed by atoms with Crippen LogP contribution in [0.2, 0.25) is 0 Å². The molecule has 2 fully saturated rings. The zero-order valence-electron chi connectivity index (χ0n) is 9.17. The highest BCUT2D eigenvalue weighted by atomic mass is 16.5. The van der Waals surface area contributed by atoms with Crippen LogP contribution >= 0.6 is 0 Å². The van der Waals surface area contributed by atoms with Crippen LogP contribution in [0.1, 0.15) is 51.4 Å². The van der Waals surface area contributed by atoms with Crippen molar-refractivity contribution in [3.63, 3.8) is 0 Å². The Morgan fingerprint density at radius 3 is 2.43 bits per heavy atom. The van der Waals surface area contributed by atoms with Gasteiger partial charge in [-0.15, -0.1) is 0 Å². The number of rotatable bonds is 5. The molecule has 0 spiro atoms. The molecule has 2 aliphatic carbocycles. The Balaban J connectivity index is 1.72. The molecule has 1 unspecified atom stereocenters. The molecule has 0 aliphatic heterocycles. The van der Waals surface area contributed by atoms with E-state index in [0.717, 1.165) is 31.6 Å². The highest BCUT2D eigenvalue weighted by Crippen LogP contribution is 2.40. The third-order valence-corrected chi connectivity index (χ3v) is 4.14. The summed E-state index contributed by atoms with van der Waals surface area (Å²) in [5.41, 5.74) is 0.0448. The number of methoxy groups -OCH3 is 1. The topological polar surface area (TPSA) is 29.5 Å². The highest BCUT2D eigenvalue weighted by Gasteiger charge is 2.39. The second-order valence-electron chi connectivity index (χ2n) is 5.13. The number of hydrogen-bond donors (Lipinski definition) is 1. The molecule has 2 aliphatic rings. The average molecular weight is 198 g/mol. The van der Waals surface area contributed by atoms with Gasteiger partial charge in [0.15, 0.2) is 0 Å². The van der Waals surface area contributed by atoms with Crippen LogP contribution in [-0.2, 0) is 4.74 Å². The number of aliphatic hydroxyl groups excluding tert-OH is 1. The predicted molar refractivity (Wildman–Crippen MR) is 56.2 cm³/mol. The van der Waals surface area contributed by atoms with E-state index in [1.807, 2.05) is 0 Å². The van der Waals surface area contributed by atoms with Gasteiger partial charge in [0.2, 0.25) is 0 Å². The number of hydrogen-bond acceptors (Lipinski definition) is 2. The second-order valence-corrected chi connectivity index (χ2v) is 5.13. The molecule has 0 heterocycles. The normalized spacial score (nSPS) is 27.9. The third kappa shape index (κ3) is 2.12. The molecule has 0 radical (unpaired) electrons. The van der Waals surface area contributed by atoms with E-state index in [-0.39, 0.29) is 11.7 Å². The van der Waals surface area contributed by atoms with Gasteiger partial charge in [0.05, 0.1) is 11.7 Å². The van der Waals surface area contributed by atoms with E-state index < -0.39 is 0 Å². The van der Waals surface area contributed by atoms with Gasteiger partial charge in [-0.2, -0.15) is 0 Å². The summed E-state index contributed by atoms with van der Waals surface area (Å²) in [4.78, 5) is 0. The summed E-state index contributed by atoms with van der Waals surface area (Å²) in [6.07, 6.45) is 9.33. The molecule has 0 aromatic heterocycles. The predicted octanol–water partition coefficient (Wildman–Crippen LogP) is 2.50. The quantitative estimate of drug-likeness (QED) is 0.735. The van der Waals surface area contributed by atoms with Gasteiger partial charge in [0.1, 0.15) is 0 Å². The van der Waals surface area contributed by atoms with Crippen LogP contribution in [0.15, 0.2) is 0 Å². The van der Waals surface area contributed by atoms with Gasteiger partial charge in [-0.3, -0.25) is 0 Å². The van der Waals surface area contributed by atoms with Crippen molar-refractivity contribution in [2.75, 3.05) is 7.11 Å². The van der Waals surface area contributed by atoms with Gasteiger partial charge >= 0.3 is 0 Å². The van der Waals surface area contributed by atoms with Crippen LogP contribution in [0.25, 0.3) is 0 Å². The zero-order valence-corrected chi connectivity index (χ0v) is 9.17. The van der Waals surface area contributed by atoms with Crippen LogP contribution in [0.4, 0.5) is 0 Å². The highest BCUT2D eigenvalue weighted by molar-refractivity contribution is 4.92. The van der Waals surface area contributed by atoms with E-state index in [1.165, 1.54) is 25.7 Å². The maximum absolute atomic E-state index is 9.94. The first-order valence-electron chi connectivity index (χ1n) is 5.97. The van der Waals surface area contributed by atoms with Crippen molar-refractivity contribution < 1.29 is 9.84 Å². The summed E-state index contributed by atoms with van der Waals surface area (Å²) in [5.74, 6) is 0.805. The Hall–Kier alpha value is -0.0800. The minimum Gasteiger partial charge on any atom is -0.393 e. The van der Waals surface area contributed by atoms with Crippen LogP contribution in [-0.4, -0.2) is 23.9 Å². The molecule has 0 amide bonds. The van der Waals surface area contributed by atoms with E-state index in [0.29, 0.717) is 0 Å². The lowest BCUT2D eigenvalue weighted by Gasteiger charge is -2.42. The first-order chi connectivity index (χ1) is 6.74. The second kappa shape index (κ2) is 4.19. The molecule has 2 heteroatoms. The lowest BCUT2D eigenvalue weighted by Crippen LogP contribution is -2.42. The Bertz CT molecular complexity index is 177. The average Bonchev–Trinajstić information content (AvgIpc) is 2.04. The van der Waals surface area contributed by atoms with E-state index in [4.69, 9.17) is 4.74 Å². The van der Waals surface area contributed by atoms with E-state index in [1.54, 1.807) is 7.11 Å². The minimum atomic E-state index is -0.124. The van der Waals surface area contributed by atoms with Gasteiger partial charge in [0.25, 0.3) is 0 Å².